The van der Waals surface area contributed by atoms with Crippen LogP contribution in [0.15, 0.2) is 30.5 Å². The number of methoxy groups -OCH3 is 2. The second-order valence-electron chi connectivity index (χ2n) is 3.44. The van der Waals surface area contributed by atoms with Gasteiger partial charge in [0.1, 0.15) is 0 Å². The third-order valence-corrected chi connectivity index (χ3v) is 2.39. The molecule has 1 heterocycles. The van der Waals surface area contributed by atoms with Gasteiger partial charge in [0.15, 0.2) is 11.5 Å². The summed E-state index contributed by atoms with van der Waals surface area (Å²) >= 11 is 0. The van der Waals surface area contributed by atoms with Crippen LogP contribution in [-0.4, -0.2) is 24.0 Å². The van der Waals surface area contributed by atoms with E-state index < -0.39 is 0 Å². The fourth-order valence-corrected chi connectivity index (χ4v) is 1.56. The van der Waals surface area contributed by atoms with Gasteiger partial charge in [-0.1, -0.05) is 0 Å². The molecule has 0 fully saturated rings. The summed E-state index contributed by atoms with van der Waals surface area (Å²) in [6, 6.07) is 7.72. The van der Waals surface area contributed by atoms with E-state index in [0.717, 1.165) is 17.0 Å². The molecule has 1 aromatic carbocycles. The maximum atomic E-state index is 5.25. The zero-order chi connectivity index (χ0) is 11.5. The predicted octanol–water partition coefficient (Wildman–Crippen LogP) is 2.10. The Bertz CT molecular complexity index is 492. The minimum absolute atomic E-state index is 0.714. The number of hydrogen-bond donors (Lipinski definition) is 0. The Kier molecular flexibility index (Phi) is 2.81. The number of aromatic nitrogens is 2. The lowest BCUT2D eigenvalue weighted by Crippen LogP contribution is -1.92. The average Bonchev–Trinajstić information content (AvgIpc) is 2.75. The Balaban J connectivity index is 2.43. The summed E-state index contributed by atoms with van der Waals surface area (Å²) in [5.41, 5.74) is 1.93. The van der Waals surface area contributed by atoms with Crippen molar-refractivity contribution in [2.75, 3.05) is 14.2 Å². The molecule has 2 aromatic rings. The maximum Gasteiger partial charge on any atom is 0.161 e. The first-order chi connectivity index (χ1) is 7.74. The van der Waals surface area contributed by atoms with Gasteiger partial charge in [-0.2, -0.15) is 5.10 Å². The van der Waals surface area contributed by atoms with E-state index in [0.29, 0.717) is 5.75 Å². The first-order valence-corrected chi connectivity index (χ1v) is 4.96. The lowest BCUT2D eigenvalue weighted by atomic mass is 10.1. The molecule has 16 heavy (non-hydrogen) atoms. The Morgan fingerprint density at radius 3 is 2.38 bits per heavy atom. The van der Waals surface area contributed by atoms with Gasteiger partial charge in [-0.25, -0.2) is 0 Å². The lowest BCUT2D eigenvalue weighted by molar-refractivity contribution is 0.355. The van der Waals surface area contributed by atoms with Crippen LogP contribution in [0, 0.1) is 0 Å². The average molecular weight is 218 g/mol. The summed E-state index contributed by atoms with van der Waals surface area (Å²) in [5.74, 6) is 1.44. The molecule has 0 aliphatic carbocycles. The Labute approximate surface area is 94.4 Å². The van der Waals surface area contributed by atoms with Crippen LogP contribution in [0.2, 0.25) is 0 Å². The van der Waals surface area contributed by atoms with Crippen molar-refractivity contribution < 1.29 is 9.47 Å². The summed E-state index contributed by atoms with van der Waals surface area (Å²) in [4.78, 5) is 0. The van der Waals surface area contributed by atoms with Crippen molar-refractivity contribution in [2.24, 2.45) is 7.05 Å². The van der Waals surface area contributed by atoms with E-state index in [9.17, 15) is 0 Å². The van der Waals surface area contributed by atoms with Crippen molar-refractivity contribution in [1.82, 2.24) is 9.78 Å². The van der Waals surface area contributed by atoms with Gasteiger partial charge in [0.2, 0.25) is 0 Å². The topological polar surface area (TPSA) is 36.3 Å². The van der Waals surface area contributed by atoms with Crippen molar-refractivity contribution in [3.8, 4) is 22.8 Å². The third-order valence-electron chi connectivity index (χ3n) is 2.39. The molecule has 4 nitrogen and oxygen atoms in total. The monoisotopic (exact) mass is 218 g/mol. The zero-order valence-corrected chi connectivity index (χ0v) is 9.60. The highest BCUT2D eigenvalue weighted by Crippen LogP contribution is 2.31. The molecule has 0 amide bonds. The van der Waals surface area contributed by atoms with Crippen LogP contribution in [-0.2, 0) is 7.05 Å². The summed E-state index contributed by atoms with van der Waals surface area (Å²) in [6.07, 6.45) is 1.91. The fraction of sp³-hybridized carbons (Fsp3) is 0.250. The summed E-state index contributed by atoms with van der Waals surface area (Å²) in [7, 11) is 5.14. The number of hydrogen-bond acceptors (Lipinski definition) is 3. The predicted molar refractivity (Wildman–Crippen MR) is 61.7 cm³/mol. The molecule has 4 heteroatoms. The van der Waals surface area contributed by atoms with Crippen molar-refractivity contribution in [1.29, 1.82) is 0 Å². The minimum atomic E-state index is 0.714. The largest absolute Gasteiger partial charge is 0.493 e. The van der Waals surface area contributed by atoms with Gasteiger partial charge in [0.05, 0.1) is 19.9 Å². The highest BCUT2D eigenvalue weighted by molar-refractivity contribution is 5.63. The van der Waals surface area contributed by atoms with Crippen LogP contribution in [0.1, 0.15) is 0 Å². The molecule has 0 bridgehead atoms. The second-order valence-corrected chi connectivity index (χ2v) is 3.44. The molecule has 1 aromatic heterocycles. The molecule has 0 atom stereocenters. The van der Waals surface area contributed by atoms with E-state index in [1.54, 1.807) is 18.9 Å². The highest BCUT2D eigenvalue weighted by atomic mass is 16.5. The summed E-state index contributed by atoms with van der Waals surface area (Å²) < 4.78 is 12.2. The first kappa shape index (κ1) is 10.5. The fourth-order valence-electron chi connectivity index (χ4n) is 1.56. The van der Waals surface area contributed by atoms with Gasteiger partial charge < -0.3 is 9.47 Å². The second kappa shape index (κ2) is 4.26. The van der Waals surface area contributed by atoms with E-state index in [4.69, 9.17) is 9.47 Å². The van der Waals surface area contributed by atoms with Crippen LogP contribution < -0.4 is 9.47 Å². The number of rotatable bonds is 3. The number of nitrogens with zero attached hydrogens (tertiary/aromatic N) is 2. The molecule has 0 aliphatic heterocycles. The van der Waals surface area contributed by atoms with Crippen molar-refractivity contribution in [3.63, 3.8) is 0 Å². The molecule has 0 saturated heterocycles. The number of aryl methyl sites for hydroxylation is 1. The van der Waals surface area contributed by atoms with Gasteiger partial charge in [-0.3, -0.25) is 4.68 Å². The summed E-state index contributed by atoms with van der Waals surface area (Å²) in [5, 5.41) is 4.33. The number of benzene rings is 1. The number of ether oxygens (including phenoxy) is 2. The van der Waals surface area contributed by atoms with Crippen molar-refractivity contribution in [3.05, 3.63) is 30.5 Å². The maximum absolute atomic E-state index is 5.25. The smallest absolute Gasteiger partial charge is 0.161 e. The Morgan fingerprint density at radius 2 is 1.81 bits per heavy atom. The zero-order valence-electron chi connectivity index (χ0n) is 9.60. The molecule has 2 rings (SSSR count). The Morgan fingerprint density at radius 1 is 1.06 bits per heavy atom. The van der Waals surface area contributed by atoms with E-state index in [1.165, 1.54) is 0 Å². The molecule has 0 spiro atoms. The molecule has 0 radical (unpaired) electrons. The van der Waals surface area contributed by atoms with Crippen molar-refractivity contribution in [2.45, 2.75) is 0 Å². The first-order valence-electron chi connectivity index (χ1n) is 4.96. The highest BCUT2D eigenvalue weighted by Gasteiger charge is 2.07. The van der Waals surface area contributed by atoms with Crippen molar-refractivity contribution >= 4 is 0 Å². The molecular formula is C12H14N2O2. The van der Waals surface area contributed by atoms with Gasteiger partial charge in [0.25, 0.3) is 0 Å². The van der Waals surface area contributed by atoms with E-state index in [-0.39, 0.29) is 0 Å². The standard InChI is InChI=1S/C12H14N2O2/c1-14-7-6-10(13-14)9-4-5-11(15-2)12(8-9)16-3/h4-8H,1-3H3. The molecule has 0 N–H and O–H groups in total. The van der Waals surface area contributed by atoms with Gasteiger partial charge in [-0.05, 0) is 24.3 Å². The molecule has 84 valence electrons. The van der Waals surface area contributed by atoms with E-state index >= 15 is 0 Å². The lowest BCUT2D eigenvalue weighted by Gasteiger charge is -2.08. The summed E-state index contributed by atoms with van der Waals surface area (Å²) in [6.45, 7) is 0. The van der Waals surface area contributed by atoms with Crippen LogP contribution in [0.4, 0.5) is 0 Å². The van der Waals surface area contributed by atoms with Gasteiger partial charge >= 0.3 is 0 Å². The van der Waals surface area contributed by atoms with E-state index in [2.05, 4.69) is 5.10 Å². The van der Waals surface area contributed by atoms with Crippen LogP contribution in [0.25, 0.3) is 11.3 Å². The normalized spacial score (nSPS) is 10.2. The SMILES string of the molecule is COc1ccc(-c2ccn(C)n2)cc1OC. The van der Waals surface area contributed by atoms with Crippen LogP contribution in [0.3, 0.4) is 0 Å². The van der Waals surface area contributed by atoms with Gasteiger partial charge in [-0.15, -0.1) is 0 Å². The molecule has 0 unspecified atom stereocenters. The van der Waals surface area contributed by atoms with Gasteiger partial charge in [0, 0.05) is 18.8 Å². The Hall–Kier alpha value is -1.97. The molecule has 0 saturated carbocycles. The molecule has 0 aliphatic rings. The van der Waals surface area contributed by atoms with Crippen LogP contribution in [0.5, 0.6) is 11.5 Å². The third kappa shape index (κ3) is 1.86. The minimum Gasteiger partial charge on any atom is -0.493 e. The quantitative estimate of drug-likeness (QED) is 0.791. The van der Waals surface area contributed by atoms with Crippen LogP contribution >= 0.6 is 0 Å². The molecular weight excluding hydrogens is 204 g/mol. The van der Waals surface area contributed by atoms with E-state index in [1.807, 2.05) is 37.5 Å².